The molecule has 1 amide bonds. The number of likely N-dealkylation sites (tertiary alicyclic amines) is 1. The van der Waals surface area contributed by atoms with E-state index in [1.165, 1.54) is 22.9 Å². The van der Waals surface area contributed by atoms with E-state index in [2.05, 4.69) is 34.2 Å². The first-order valence-corrected chi connectivity index (χ1v) is 13.1. The van der Waals surface area contributed by atoms with Gasteiger partial charge in [0, 0.05) is 28.7 Å². The first-order valence-electron chi connectivity index (χ1n) is 11.6. The van der Waals surface area contributed by atoms with Crippen molar-refractivity contribution in [1.29, 1.82) is 0 Å². The van der Waals surface area contributed by atoms with E-state index in [4.69, 9.17) is 27.9 Å². The van der Waals surface area contributed by atoms with E-state index >= 15 is 0 Å². The fraction of sp³-hybridized carbons (Fsp3) is 0.214. The van der Waals surface area contributed by atoms with Gasteiger partial charge in [-0.3, -0.25) is 4.79 Å². The van der Waals surface area contributed by atoms with Gasteiger partial charge in [-0.15, -0.1) is 0 Å². The van der Waals surface area contributed by atoms with Gasteiger partial charge in [-0.2, -0.15) is 4.99 Å². The molecule has 0 aliphatic carbocycles. The summed E-state index contributed by atoms with van der Waals surface area (Å²) in [4.78, 5) is 20.5. The molecule has 1 fully saturated rings. The van der Waals surface area contributed by atoms with Crippen LogP contribution in [0.1, 0.15) is 35.1 Å². The number of rotatable bonds is 2. The van der Waals surface area contributed by atoms with Crippen LogP contribution in [0, 0.1) is 0 Å². The first kappa shape index (κ1) is 22.9. The second-order valence-corrected chi connectivity index (χ2v) is 10.8. The van der Waals surface area contributed by atoms with Gasteiger partial charge in [-0.25, -0.2) is 0 Å². The van der Waals surface area contributed by atoms with Crippen molar-refractivity contribution < 1.29 is 9.53 Å². The monoisotopic (exact) mass is 520 g/mol. The Balaban J connectivity index is 1.28. The van der Waals surface area contributed by atoms with Crippen LogP contribution in [0.15, 0.2) is 82.7 Å². The number of ether oxygens (including phenoxy) is 1. The minimum absolute atomic E-state index is 0.215. The zero-order valence-electron chi connectivity index (χ0n) is 18.8. The van der Waals surface area contributed by atoms with Gasteiger partial charge < -0.3 is 9.64 Å². The Morgan fingerprint density at radius 2 is 1.49 bits per heavy atom. The lowest BCUT2D eigenvalue weighted by Gasteiger charge is -2.39. The lowest BCUT2D eigenvalue weighted by atomic mass is 9.84. The van der Waals surface area contributed by atoms with Crippen molar-refractivity contribution in [2.45, 2.75) is 25.0 Å². The fourth-order valence-corrected chi connectivity index (χ4v) is 6.45. The maximum absolute atomic E-state index is 13.2. The van der Waals surface area contributed by atoms with Crippen LogP contribution in [-0.4, -0.2) is 29.1 Å². The molecule has 0 unspecified atom stereocenters. The molecule has 3 aromatic rings. The Kier molecular flexibility index (Phi) is 5.97. The summed E-state index contributed by atoms with van der Waals surface area (Å²) < 4.78 is 6.31. The number of hydrogen-bond donors (Lipinski definition) is 0. The van der Waals surface area contributed by atoms with E-state index in [0.29, 0.717) is 21.6 Å². The molecule has 0 atom stereocenters. The molecule has 0 N–H and O–H groups in total. The largest absolute Gasteiger partial charge is 0.365 e. The second kappa shape index (κ2) is 9.14. The Morgan fingerprint density at radius 3 is 2.11 bits per heavy atom. The van der Waals surface area contributed by atoms with Crippen molar-refractivity contribution in [2.24, 2.45) is 4.99 Å². The fourth-order valence-electron chi connectivity index (χ4n) is 5.11. The molecule has 4 nitrogen and oxygen atoms in total. The molecule has 7 heteroatoms. The van der Waals surface area contributed by atoms with Gasteiger partial charge in [-0.05, 0) is 71.1 Å². The maximum atomic E-state index is 13.2. The molecular weight excluding hydrogens is 499 g/mol. The highest BCUT2D eigenvalue weighted by molar-refractivity contribution is 8.18. The Bertz CT molecular complexity index is 1310. The van der Waals surface area contributed by atoms with Crippen molar-refractivity contribution in [2.75, 3.05) is 13.1 Å². The van der Waals surface area contributed by atoms with Gasteiger partial charge in [-0.1, -0.05) is 71.7 Å². The number of amides is 1. The van der Waals surface area contributed by atoms with Gasteiger partial charge in [0.05, 0.1) is 17.1 Å². The van der Waals surface area contributed by atoms with Crippen LogP contribution in [0.25, 0.3) is 5.57 Å². The number of carbonyl (C=O) groups is 1. The highest BCUT2D eigenvalue weighted by atomic mass is 35.5. The van der Waals surface area contributed by atoms with Crippen molar-refractivity contribution >= 4 is 51.6 Å². The summed E-state index contributed by atoms with van der Waals surface area (Å²) in [7, 11) is 0. The van der Waals surface area contributed by atoms with Crippen LogP contribution in [-0.2, 0) is 21.7 Å². The summed E-state index contributed by atoms with van der Waals surface area (Å²) in [5, 5.41) is 2.05. The normalized spacial score (nSPS) is 18.7. The van der Waals surface area contributed by atoms with E-state index in [1.54, 1.807) is 0 Å². The zero-order valence-corrected chi connectivity index (χ0v) is 21.2. The molecule has 176 valence electrons. The molecule has 3 aliphatic heterocycles. The smallest absolute Gasteiger partial charge is 0.286 e. The number of thioether (sulfide) groups is 1. The summed E-state index contributed by atoms with van der Waals surface area (Å²) in [6.07, 6.45) is 1.75. The molecule has 35 heavy (non-hydrogen) atoms. The molecule has 0 bridgehead atoms. The molecule has 1 spiro atoms. The van der Waals surface area contributed by atoms with E-state index < -0.39 is 0 Å². The molecular formula is C28H22Cl2N2O2S. The summed E-state index contributed by atoms with van der Waals surface area (Å²) in [6, 6.07) is 23.6. The number of fused-ring (bicyclic) bond motifs is 2. The third kappa shape index (κ3) is 4.21. The van der Waals surface area contributed by atoms with Crippen LogP contribution in [0.2, 0.25) is 10.0 Å². The molecule has 6 rings (SSSR count). The lowest BCUT2D eigenvalue weighted by molar-refractivity contribution is -0.113. The van der Waals surface area contributed by atoms with Crippen LogP contribution >= 0.6 is 35.0 Å². The molecule has 1 saturated heterocycles. The van der Waals surface area contributed by atoms with Gasteiger partial charge in [0.2, 0.25) is 0 Å². The number of benzene rings is 3. The third-order valence-electron chi connectivity index (χ3n) is 6.93. The van der Waals surface area contributed by atoms with Crippen molar-refractivity contribution in [3.05, 3.63) is 110 Å². The number of halogens is 2. The van der Waals surface area contributed by atoms with Crippen LogP contribution in [0.5, 0.6) is 0 Å². The number of amidine groups is 1. The average molecular weight is 521 g/mol. The topological polar surface area (TPSA) is 41.9 Å². The Labute approximate surface area is 218 Å². The SMILES string of the molecule is O=C1N=C(N2CCC3(CC2)OCc2ccccc23)SC1=C(c1ccc(Cl)cc1)c1ccc(Cl)cc1. The van der Waals surface area contributed by atoms with Crippen LogP contribution in [0.3, 0.4) is 0 Å². The van der Waals surface area contributed by atoms with Gasteiger partial charge in [0.15, 0.2) is 5.17 Å². The minimum atomic E-state index is -0.225. The van der Waals surface area contributed by atoms with E-state index in [1.807, 2.05) is 48.5 Å². The molecule has 3 heterocycles. The van der Waals surface area contributed by atoms with Crippen LogP contribution < -0.4 is 0 Å². The van der Waals surface area contributed by atoms with E-state index in [9.17, 15) is 4.79 Å². The van der Waals surface area contributed by atoms with E-state index in [0.717, 1.165) is 47.8 Å². The molecule has 3 aliphatic rings. The number of hydrogen-bond acceptors (Lipinski definition) is 4. The zero-order chi connectivity index (χ0) is 24.0. The molecule has 0 radical (unpaired) electrons. The average Bonchev–Trinajstić information content (AvgIpc) is 3.43. The first-order chi connectivity index (χ1) is 17.0. The van der Waals surface area contributed by atoms with Crippen LogP contribution in [0.4, 0.5) is 0 Å². The van der Waals surface area contributed by atoms with Crippen molar-refractivity contribution in [3.63, 3.8) is 0 Å². The summed E-state index contributed by atoms with van der Waals surface area (Å²) >= 11 is 13.7. The Hall–Kier alpha value is -2.57. The lowest BCUT2D eigenvalue weighted by Crippen LogP contribution is -2.44. The van der Waals surface area contributed by atoms with Gasteiger partial charge in [0.25, 0.3) is 5.91 Å². The number of piperidine rings is 1. The van der Waals surface area contributed by atoms with Crippen molar-refractivity contribution in [3.8, 4) is 0 Å². The maximum Gasteiger partial charge on any atom is 0.286 e. The predicted octanol–water partition coefficient (Wildman–Crippen LogP) is 6.90. The summed E-state index contributed by atoms with van der Waals surface area (Å²) in [5.74, 6) is -0.215. The van der Waals surface area contributed by atoms with Gasteiger partial charge >= 0.3 is 0 Å². The standard InChI is InChI=1S/C28H22Cl2N2O2S/c29-21-9-5-18(6-10-21)24(19-7-11-22(30)12-8-19)25-26(33)31-27(35-25)32-15-13-28(14-16-32)23-4-2-1-3-20(23)17-34-28/h1-12H,13-17H2. The third-order valence-corrected chi connectivity index (χ3v) is 8.55. The molecule has 3 aromatic carbocycles. The van der Waals surface area contributed by atoms with Gasteiger partial charge in [0.1, 0.15) is 0 Å². The predicted molar refractivity (Wildman–Crippen MR) is 143 cm³/mol. The summed E-state index contributed by atoms with van der Waals surface area (Å²) in [5.41, 5.74) is 5.04. The second-order valence-electron chi connectivity index (χ2n) is 8.95. The summed E-state index contributed by atoms with van der Waals surface area (Å²) in [6.45, 7) is 2.25. The molecule has 0 saturated carbocycles. The number of aliphatic imine (C=N–C) groups is 1. The van der Waals surface area contributed by atoms with E-state index in [-0.39, 0.29) is 11.5 Å². The highest BCUT2D eigenvalue weighted by Gasteiger charge is 2.43. The highest BCUT2D eigenvalue weighted by Crippen LogP contribution is 2.46. The molecule has 0 aromatic heterocycles. The Morgan fingerprint density at radius 1 is 0.886 bits per heavy atom. The number of nitrogens with zero attached hydrogens (tertiary/aromatic N) is 2. The van der Waals surface area contributed by atoms with Crippen molar-refractivity contribution in [1.82, 2.24) is 4.90 Å². The quantitative estimate of drug-likeness (QED) is 0.344. The minimum Gasteiger partial charge on any atom is -0.365 e. The number of carbonyl (C=O) groups excluding carboxylic acids is 1.